The van der Waals surface area contributed by atoms with Gasteiger partial charge in [0.05, 0.1) is 11.1 Å². The van der Waals surface area contributed by atoms with Crippen LogP contribution >= 0.6 is 15.9 Å². The molecule has 0 atom stereocenters. The van der Waals surface area contributed by atoms with Crippen molar-refractivity contribution in [1.29, 1.82) is 5.26 Å². The maximum atomic E-state index is 12.1. The van der Waals surface area contributed by atoms with Crippen LogP contribution in [0.25, 0.3) is 0 Å². The maximum Gasteiger partial charge on any atom is 0.387 e. The molecule has 0 unspecified atom stereocenters. The molecule has 1 rings (SSSR count). The number of alkyl halides is 3. The van der Waals surface area contributed by atoms with Crippen LogP contribution in [0.2, 0.25) is 0 Å². The molecule has 0 aromatic heterocycles. The smallest absolute Gasteiger partial charge is 0.387 e. The van der Waals surface area contributed by atoms with E-state index in [4.69, 9.17) is 10.4 Å². The summed E-state index contributed by atoms with van der Waals surface area (Å²) in [6.45, 7) is -3.11. The molecule has 0 fully saturated rings. The summed E-state index contributed by atoms with van der Waals surface area (Å²) >= 11 is 3.05. The van der Waals surface area contributed by atoms with Gasteiger partial charge in [-0.3, -0.25) is 0 Å². The zero-order valence-corrected chi connectivity index (χ0v) is 9.87. The lowest BCUT2D eigenvalue weighted by atomic mass is 10.0. The SMILES string of the molecule is N#Cc1cc(CBr)c(C(=O)O)cc1OC(F)F. The molecule has 1 aromatic carbocycles. The Labute approximate surface area is 104 Å². The number of hydrogen-bond donors (Lipinski definition) is 1. The largest absolute Gasteiger partial charge is 0.478 e. The molecule has 90 valence electrons. The van der Waals surface area contributed by atoms with Crippen LogP contribution in [0.4, 0.5) is 8.78 Å². The van der Waals surface area contributed by atoms with Gasteiger partial charge in [-0.2, -0.15) is 14.0 Å². The first-order valence-electron chi connectivity index (χ1n) is 4.30. The number of carboxylic acids is 1. The first-order chi connectivity index (χ1) is 7.99. The number of carbonyl (C=O) groups is 1. The molecule has 0 bridgehead atoms. The lowest BCUT2D eigenvalue weighted by Gasteiger charge is -2.10. The Morgan fingerprint density at radius 3 is 2.65 bits per heavy atom. The summed E-state index contributed by atoms with van der Waals surface area (Å²) in [5.41, 5.74) is -0.00283. The molecule has 1 N–H and O–H groups in total. The Kier molecular flexibility index (Phi) is 4.40. The first kappa shape index (κ1) is 13.4. The minimum Gasteiger partial charge on any atom is -0.478 e. The number of carboxylic acid groups (broad SMARTS) is 1. The highest BCUT2D eigenvalue weighted by Crippen LogP contribution is 2.26. The third kappa shape index (κ3) is 3.14. The molecule has 0 aliphatic heterocycles. The Bertz CT molecular complexity index is 485. The van der Waals surface area contributed by atoms with Gasteiger partial charge in [0.1, 0.15) is 11.8 Å². The third-order valence-corrected chi connectivity index (χ3v) is 2.52. The topological polar surface area (TPSA) is 70.3 Å². The Balaban J connectivity index is 3.35. The molecular formula is C10H6BrF2NO3. The van der Waals surface area contributed by atoms with Crippen molar-refractivity contribution in [3.8, 4) is 11.8 Å². The minimum atomic E-state index is -3.11. The van der Waals surface area contributed by atoms with Gasteiger partial charge in [-0.05, 0) is 17.7 Å². The van der Waals surface area contributed by atoms with E-state index in [1.54, 1.807) is 6.07 Å². The summed E-state index contributed by atoms with van der Waals surface area (Å²) in [5.74, 6) is -1.72. The summed E-state index contributed by atoms with van der Waals surface area (Å²) in [5, 5.41) is 17.8. The number of hydrogen-bond acceptors (Lipinski definition) is 3. The summed E-state index contributed by atoms with van der Waals surface area (Å²) in [6, 6.07) is 3.79. The highest BCUT2D eigenvalue weighted by molar-refractivity contribution is 9.08. The first-order valence-corrected chi connectivity index (χ1v) is 5.42. The number of halogens is 3. The number of benzene rings is 1. The standard InChI is InChI=1S/C10H6BrF2NO3/c11-3-5-1-6(4-14)8(17-10(12)13)2-7(5)9(15)16/h1-2,10H,3H2,(H,15,16). The summed E-state index contributed by atoms with van der Waals surface area (Å²) in [6.07, 6.45) is 0. The molecule has 0 radical (unpaired) electrons. The zero-order valence-electron chi connectivity index (χ0n) is 8.28. The number of aromatic carboxylic acids is 1. The van der Waals surface area contributed by atoms with E-state index in [1.807, 2.05) is 0 Å². The highest BCUT2D eigenvalue weighted by atomic mass is 79.9. The number of rotatable bonds is 4. The van der Waals surface area contributed by atoms with Crippen molar-refractivity contribution in [2.24, 2.45) is 0 Å². The van der Waals surface area contributed by atoms with Crippen LogP contribution in [-0.2, 0) is 5.33 Å². The predicted octanol–water partition coefficient (Wildman–Crippen LogP) is 2.75. The second kappa shape index (κ2) is 5.59. The fourth-order valence-electron chi connectivity index (χ4n) is 1.22. The second-order valence-electron chi connectivity index (χ2n) is 2.93. The quantitative estimate of drug-likeness (QED) is 0.868. The number of nitriles is 1. The van der Waals surface area contributed by atoms with Gasteiger partial charge in [-0.1, -0.05) is 15.9 Å². The number of ether oxygens (including phenoxy) is 1. The Morgan fingerprint density at radius 2 is 2.24 bits per heavy atom. The number of nitrogens with zero attached hydrogens (tertiary/aromatic N) is 1. The minimum absolute atomic E-state index is 0.134. The fraction of sp³-hybridized carbons (Fsp3) is 0.200. The van der Waals surface area contributed by atoms with Crippen molar-refractivity contribution in [2.75, 3.05) is 0 Å². The molecule has 0 spiro atoms. The molecule has 7 heteroatoms. The van der Waals surface area contributed by atoms with Gasteiger partial charge in [0.2, 0.25) is 0 Å². The Morgan fingerprint density at radius 1 is 1.59 bits per heavy atom. The zero-order chi connectivity index (χ0) is 13.0. The molecule has 0 heterocycles. The van der Waals surface area contributed by atoms with E-state index in [2.05, 4.69) is 20.7 Å². The van der Waals surface area contributed by atoms with E-state index in [-0.39, 0.29) is 16.5 Å². The van der Waals surface area contributed by atoms with Crippen LogP contribution in [0.1, 0.15) is 21.5 Å². The monoisotopic (exact) mass is 305 g/mol. The van der Waals surface area contributed by atoms with Crippen LogP contribution < -0.4 is 4.74 Å². The fourth-order valence-corrected chi connectivity index (χ4v) is 1.68. The highest BCUT2D eigenvalue weighted by Gasteiger charge is 2.17. The normalized spacial score (nSPS) is 10.1. The van der Waals surface area contributed by atoms with E-state index in [0.717, 1.165) is 6.07 Å². The van der Waals surface area contributed by atoms with Gasteiger partial charge in [-0.25, -0.2) is 4.79 Å². The molecule has 17 heavy (non-hydrogen) atoms. The Hall–Kier alpha value is -1.68. The predicted molar refractivity (Wildman–Crippen MR) is 57.4 cm³/mol. The van der Waals surface area contributed by atoms with E-state index in [9.17, 15) is 13.6 Å². The molecule has 1 aromatic rings. The van der Waals surface area contributed by atoms with Crippen LogP contribution in [0.15, 0.2) is 12.1 Å². The van der Waals surface area contributed by atoms with Crippen molar-refractivity contribution in [2.45, 2.75) is 11.9 Å². The summed E-state index contributed by atoms with van der Waals surface area (Å²) < 4.78 is 28.2. The van der Waals surface area contributed by atoms with Crippen molar-refractivity contribution >= 4 is 21.9 Å². The van der Waals surface area contributed by atoms with Crippen molar-refractivity contribution in [1.82, 2.24) is 0 Å². The molecule has 4 nitrogen and oxygen atoms in total. The summed E-state index contributed by atoms with van der Waals surface area (Å²) in [7, 11) is 0. The molecule has 0 amide bonds. The average molecular weight is 306 g/mol. The van der Waals surface area contributed by atoms with Gasteiger partial charge in [0.15, 0.2) is 0 Å². The molecule has 0 saturated carbocycles. The van der Waals surface area contributed by atoms with Gasteiger partial charge >= 0.3 is 12.6 Å². The molecule has 0 aliphatic rings. The van der Waals surface area contributed by atoms with Crippen LogP contribution in [0.5, 0.6) is 5.75 Å². The lowest BCUT2D eigenvalue weighted by molar-refractivity contribution is -0.0501. The average Bonchev–Trinajstić information content (AvgIpc) is 2.27. The molecular weight excluding hydrogens is 300 g/mol. The van der Waals surface area contributed by atoms with Gasteiger partial charge in [0, 0.05) is 5.33 Å². The maximum absolute atomic E-state index is 12.1. The van der Waals surface area contributed by atoms with E-state index in [1.165, 1.54) is 6.07 Å². The van der Waals surface area contributed by atoms with Gasteiger partial charge in [0.25, 0.3) is 0 Å². The van der Waals surface area contributed by atoms with Crippen LogP contribution in [0.3, 0.4) is 0 Å². The summed E-state index contributed by atoms with van der Waals surface area (Å²) in [4.78, 5) is 10.9. The van der Waals surface area contributed by atoms with Gasteiger partial charge in [-0.15, -0.1) is 0 Å². The van der Waals surface area contributed by atoms with Crippen molar-refractivity contribution in [3.05, 3.63) is 28.8 Å². The van der Waals surface area contributed by atoms with Crippen molar-refractivity contribution < 1.29 is 23.4 Å². The molecule has 0 saturated heterocycles. The van der Waals surface area contributed by atoms with E-state index in [0.29, 0.717) is 5.56 Å². The van der Waals surface area contributed by atoms with Crippen LogP contribution in [-0.4, -0.2) is 17.7 Å². The molecule has 0 aliphatic carbocycles. The van der Waals surface area contributed by atoms with Gasteiger partial charge < -0.3 is 9.84 Å². The van der Waals surface area contributed by atoms with Crippen LogP contribution in [0, 0.1) is 11.3 Å². The second-order valence-corrected chi connectivity index (χ2v) is 3.50. The van der Waals surface area contributed by atoms with E-state index >= 15 is 0 Å². The van der Waals surface area contributed by atoms with E-state index < -0.39 is 18.3 Å². The van der Waals surface area contributed by atoms with Crippen molar-refractivity contribution in [3.63, 3.8) is 0 Å². The lowest BCUT2D eigenvalue weighted by Crippen LogP contribution is -2.07. The third-order valence-electron chi connectivity index (χ3n) is 1.92.